The number of hydrogen-bond donors (Lipinski definition) is 2. The standard InChI is InChI=1S/C14H11BrClFN2O2/c1-21-11-4-2-3-8(12(11)18)14(20)19-13-9(15)5-7(17)6-10(13)16/h2-6H,18H2,1H3,(H,19,20). The van der Waals surface area contributed by atoms with Crippen LogP contribution in [0.15, 0.2) is 34.8 Å². The van der Waals surface area contributed by atoms with E-state index in [2.05, 4.69) is 21.2 Å². The van der Waals surface area contributed by atoms with Crippen molar-refractivity contribution in [3.8, 4) is 5.75 Å². The van der Waals surface area contributed by atoms with Crippen molar-refractivity contribution in [2.45, 2.75) is 0 Å². The Bertz CT molecular complexity index is 686. The molecule has 0 atom stereocenters. The molecule has 2 aromatic rings. The first-order chi connectivity index (χ1) is 9.93. The number of benzene rings is 2. The van der Waals surface area contributed by atoms with Crippen molar-refractivity contribution in [2.75, 3.05) is 18.2 Å². The summed E-state index contributed by atoms with van der Waals surface area (Å²) in [5, 5.41) is 2.67. The quantitative estimate of drug-likeness (QED) is 0.797. The van der Waals surface area contributed by atoms with Gasteiger partial charge in [0.1, 0.15) is 11.6 Å². The molecule has 21 heavy (non-hydrogen) atoms. The van der Waals surface area contributed by atoms with Crippen LogP contribution in [0.5, 0.6) is 5.75 Å². The summed E-state index contributed by atoms with van der Waals surface area (Å²) in [7, 11) is 1.46. The molecule has 110 valence electrons. The van der Waals surface area contributed by atoms with Crippen molar-refractivity contribution in [2.24, 2.45) is 0 Å². The Labute approximate surface area is 134 Å². The Morgan fingerprint density at radius 3 is 2.76 bits per heavy atom. The number of nitrogens with one attached hydrogen (secondary N) is 1. The zero-order chi connectivity index (χ0) is 15.6. The molecule has 0 radical (unpaired) electrons. The average molecular weight is 374 g/mol. The van der Waals surface area contributed by atoms with E-state index >= 15 is 0 Å². The molecule has 2 rings (SSSR count). The predicted molar refractivity (Wildman–Crippen MR) is 84.5 cm³/mol. The maximum absolute atomic E-state index is 13.2. The summed E-state index contributed by atoms with van der Waals surface area (Å²) in [6.07, 6.45) is 0. The van der Waals surface area contributed by atoms with Gasteiger partial charge in [-0.15, -0.1) is 0 Å². The van der Waals surface area contributed by atoms with Crippen LogP contribution in [-0.4, -0.2) is 13.0 Å². The van der Waals surface area contributed by atoms with Crippen molar-refractivity contribution in [3.63, 3.8) is 0 Å². The summed E-state index contributed by atoms with van der Waals surface area (Å²) in [5.41, 5.74) is 6.58. The van der Waals surface area contributed by atoms with Crippen molar-refractivity contribution >= 4 is 44.8 Å². The largest absolute Gasteiger partial charge is 0.495 e. The van der Waals surface area contributed by atoms with Crippen LogP contribution in [0.25, 0.3) is 0 Å². The first kappa shape index (κ1) is 15.6. The van der Waals surface area contributed by atoms with E-state index in [1.165, 1.54) is 13.2 Å². The lowest BCUT2D eigenvalue weighted by Crippen LogP contribution is -2.15. The summed E-state index contributed by atoms with van der Waals surface area (Å²) in [4.78, 5) is 12.3. The van der Waals surface area contributed by atoms with Gasteiger partial charge in [-0.25, -0.2) is 4.39 Å². The van der Waals surface area contributed by atoms with Crippen molar-refractivity contribution in [1.29, 1.82) is 0 Å². The SMILES string of the molecule is COc1cccc(C(=O)Nc2c(Cl)cc(F)cc2Br)c1N. The summed E-state index contributed by atoms with van der Waals surface area (Å²) >= 11 is 9.07. The fourth-order valence-corrected chi connectivity index (χ4v) is 2.66. The Morgan fingerprint density at radius 2 is 2.14 bits per heavy atom. The van der Waals surface area contributed by atoms with Gasteiger partial charge in [-0.05, 0) is 40.2 Å². The van der Waals surface area contributed by atoms with Gasteiger partial charge >= 0.3 is 0 Å². The van der Waals surface area contributed by atoms with Gasteiger partial charge in [-0.3, -0.25) is 4.79 Å². The Kier molecular flexibility index (Phi) is 4.69. The zero-order valence-electron chi connectivity index (χ0n) is 10.9. The van der Waals surface area contributed by atoms with Crippen molar-refractivity contribution in [3.05, 3.63) is 51.2 Å². The first-order valence-electron chi connectivity index (χ1n) is 5.82. The van der Waals surface area contributed by atoms with Crippen LogP contribution in [-0.2, 0) is 0 Å². The smallest absolute Gasteiger partial charge is 0.257 e. The van der Waals surface area contributed by atoms with E-state index in [-0.39, 0.29) is 22.0 Å². The lowest BCUT2D eigenvalue weighted by Gasteiger charge is -2.12. The van der Waals surface area contributed by atoms with Gasteiger partial charge in [-0.2, -0.15) is 0 Å². The van der Waals surface area contributed by atoms with Crippen LogP contribution in [0.1, 0.15) is 10.4 Å². The minimum Gasteiger partial charge on any atom is -0.495 e. The van der Waals surface area contributed by atoms with Gasteiger partial charge in [0.15, 0.2) is 0 Å². The number of hydrogen-bond acceptors (Lipinski definition) is 3. The van der Waals surface area contributed by atoms with Crippen LogP contribution in [0.3, 0.4) is 0 Å². The molecule has 3 N–H and O–H groups in total. The van der Waals surface area contributed by atoms with E-state index < -0.39 is 11.7 Å². The number of anilines is 2. The maximum Gasteiger partial charge on any atom is 0.257 e. The Morgan fingerprint density at radius 1 is 1.43 bits per heavy atom. The summed E-state index contributed by atoms with van der Waals surface area (Å²) in [6.45, 7) is 0. The number of carbonyl (C=O) groups excluding carboxylic acids is 1. The third-order valence-electron chi connectivity index (χ3n) is 2.78. The molecule has 0 bridgehead atoms. The van der Waals surface area contributed by atoms with E-state index in [1.54, 1.807) is 18.2 Å². The van der Waals surface area contributed by atoms with Crippen LogP contribution in [0.4, 0.5) is 15.8 Å². The molecule has 0 aliphatic carbocycles. The maximum atomic E-state index is 13.2. The third-order valence-corrected chi connectivity index (χ3v) is 3.70. The number of rotatable bonds is 3. The molecule has 7 heteroatoms. The van der Waals surface area contributed by atoms with Crippen LogP contribution in [0, 0.1) is 5.82 Å². The highest BCUT2D eigenvalue weighted by Crippen LogP contribution is 2.33. The number of ether oxygens (including phenoxy) is 1. The summed E-state index contributed by atoms with van der Waals surface area (Å²) in [5.74, 6) is -0.585. The number of nitrogen functional groups attached to an aromatic ring is 1. The Hall–Kier alpha value is -1.79. The summed E-state index contributed by atoms with van der Waals surface area (Å²) < 4.78 is 18.6. The van der Waals surface area contributed by atoms with Gasteiger partial charge in [0, 0.05) is 4.47 Å². The molecule has 0 saturated carbocycles. The topological polar surface area (TPSA) is 64.3 Å². The van der Waals surface area contributed by atoms with Gasteiger partial charge in [-0.1, -0.05) is 17.7 Å². The second-order valence-corrected chi connectivity index (χ2v) is 5.38. The summed E-state index contributed by atoms with van der Waals surface area (Å²) in [6, 6.07) is 7.16. The van der Waals surface area contributed by atoms with Gasteiger partial charge in [0.2, 0.25) is 0 Å². The molecule has 0 fully saturated rings. The van der Waals surface area contributed by atoms with E-state index in [1.807, 2.05) is 0 Å². The molecule has 0 aliphatic rings. The molecule has 0 saturated heterocycles. The molecule has 0 heterocycles. The predicted octanol–water partition coefficient (Wildman–Crippen LogP) is 4.08. The number of methoxy groups -OCH3 is 1. The number of nitrogens with two attached hydrogens (primary N) is 1. The lowest BCUT2D eigenvalue weighted by atomic mass is 10.1. The number of halogens is 3. The molecular formula is C14H11BrClFN2O2. The monoisotopic (exact) mass is 372 g/mol. The van der Waals surface area contributed by atoms with Crippen LogP contribution in [0.2, 0.25) is 5.02 Å². The first-order valence-corrected chi connectivity index (χ1v) is 6.99. The van der Waals surface area contributed by atoms with Gasteiger partial charge in [0.25, 0.3) is 5.91 Å². The molecule has 0 unspecified atom stereocenters. The number of carbonyl (C=O) groups is 1. The lowest BCUT2D eigenvalue weighted by molar-refractivity contribution is 0.102. The van der Waals surface area contributed by atoms with Crippen molar-refractivity contribution in [1.82, 2.24) is 0 Å². The molecule has 4 nitrogen and oxygen atoms in total. The van der Waals surface area contributed by atoms with E-state index in [0.29, 0.717) is 10.2 Å². The highest BCUT2D eigenvalue weighted by molar-refractivity contribution is 9.10. The van der Waals surface area contributed by atoms with Crippen molar-refractivity contribution < 1.29 is 13.9 Å². The van der Waals surface area contributed by atoms with E-state index in [0.717, 1.165) is 6.07 Å². The Balaban J connectivity index is 2.35. The van der Waals surface area contributed by atoms with Gasteiger partial charge < -0.3 is 15.8 Å². The molecule has 0 spiro atoms. The second-order valence-electron chi connectivity index (χ2n) is 4.12. The zero-order valence-corrected chi connectivity index (χ0v) is 13.3. The van der Waals surface area contributed by atoms with E-state index in [9.17, 15) is 9.18 Å². The third kappa shape index (κ3) is 3.28. The fourth-order valence-electron chi connectivity index (χ4n) is 1.76. The molecular weight excluding hydrogens is 363 g/mol. The van der Waals surface area contributed by atoms with Crippen LogP contribution < -0.4 is 15.8 Å². The molecule has 0 aliphatic heterocycles. The highest BCUT2D eigenvalue weighted by atomic mass is 79.9. The minimum absolute atomic E-state index is 0.0803. The molecule has 0 aromatic heterocycles. The molecule has 1 amide bonds. The minimum atomic E-state index is -0.509. The fraction of sp³-hybridized carbons (Fsp3) is 0.0714. The van der Waals surface area contributed by atoms with Gasteiger partial charge in [0.05, 0.1) is 29.1 Å². The van der Waals surface area contributed by atoms with Crippen LogP contribution >= 0.6 is 27.5 Å². The number of para-hydroxylation sites is 1. The number of amides is 1. The molecule has 2 aromatic carbocycles. The highest BCUT2D eigenvalue weighted by Gasteiger charge is 2.16. The van der Waals surface area contributed by atoms with E-state index in [4.69, 9.17) is 22.1 Å². The average Bonchev–Trinajstić information content (AvgIpc) is 2.42. The second kappa shape index (κ2) is 6.32. The normalized spacial score (nSPS) is 10.3.